The standard InChI is InChI=1S/C22H18FNO4/c1-27-19-6-2-4-16(12-19)22(26)24-18-5-3-7-20(13-18)28-14-21(25)15-8-10-17(23)11-9-15/h2-13H,14H2,1H3,(H,24,26). The molecule has 0 aliphatic rings. The normalized spacial score (nSPS) is 10.2. The zero-order valence-corrected chi connectivity index (χ0v) is 15.1. The van der Waals surface area contributed by atoms with Crippen LogP contribution in [0.4, 0.5) is 10.1 Å². The van der Waals surface area contributed by atoms with Crippen LogP contribution in [-0.4, -0.2) is 25.4 Å². The number of hydrogen-bond donors (Lipinski definition) is 1. The molecule has 3 aromatic rings. The van der Waals surface area contributed by atoms with Crippen LogP contribution in [-0.2, 0) is 0 Å². The van der Waals surface area contributed by atoms with E-state index in [1.807, 2.05) is 0 Å². The number of carbonyl (C=O) groups is 2. The second-order valence-corrected chi connectivity index (χ2v) is 5.93. The topological polar surface area (TPSA) is 64.6 Å². The summed E-state index contributed by atoms with van der Waals surface area (Å²) in [6, 6.07) is 18.8. The molecule has 6 heteroatoms. The molecule has 5 nitrogen and oxygen atoms in total. The first-order chi connectivity index (χ1) is 13.5. The number of nitrogens with one attached hydrogen (secondary N) is 1. The van der Waals surface area contributed by atoms with Crippen molar-refractivity contribution in [1.82, 2.24) is 0 Å². The third kappa shape index (κ3) is 4.94. The minimum atomic E-state index is -0.406. The molecule has 0 fully saturated rings. The predicted octanol–water partition coefficient (Wildman–Crippen LogP) is 4.35. The van der Waals surface area contributed by atoms with Gasteiger partial charge in [0, 0.05) is 22.9 Å². The molecular formula is C22H18FNO4. The Morgan fingerprint density at radius 1 is 0.893 bits per heavy atom. The summed E-state index contributed by atoms with van der Waals surface area (Å²) in [4.78, 5) is 24.5. The number of anilines is 1. The molecule has 0 heterocycles. The Balaban J connectivity index is 1.62. The zero-order valence-electron chi connectivity index (χ0n) is 15.1. The minimum Gasteiger partial charge on any atom is -0.497 e. The number of ether oxygens (including phenoxy) is 2. The first-order valence-electron chi connectivity index (χ1n) is 8.52. The van der Waals surface area contributed by atoms with Crippen molar-refractivity contribution in [3.8, 4) is 11.5 Å². The van der Waals surface area contributed by atoms with E-state index in [9.17, 15) is 14.0 Å². The number of methoxy groups -OCH3 is 1. The van der Waals surface area contributed by atoms with E-state index in [-0.39, 0.29) is 18.3 Å². The Morgan fingerprint density at radius 2 is 1.61 bits per heavy atom. The number of ketones is 1. The molecule has 1 N–H and O–H groups in total. The molecule has 0 saturated heterocycles. The van der Waals surface area contributed by atoms with E-state index < -0.39 is 5.82 Å². The maximum absolute atomic E-state index is 12.9. The average Bonchev–Trinajstić information content (AvgIpc) is 2.73. The summed E-state index contributed by atoms with van der Waals surface area (Å²) < 4.78 is 23.6. The maximum Gasteiger partial charge on any atom is 0.255 e. The molecule has 0 bridgehead atoms. The summed E-state index contributed by atoms with van der Waals surface area (Å²) in [5.74, 6) is 0.0455. The first kappa shape index (κ1) is 19.1. The van der Waals surface area contributed by atoms with Crippen molar-refractivity contribution in [1.29, 1.82) is 0 Å². The van der Waals surface area contributed by atoms with Gasteiger partial charge in [-0.2, -0.15) is 0 Å². The van der Waals surface area contributed by atoms with Gasteiger partial charge in [-0.15, -0.1) is 0 Å². The Kier molecular flexibility index (Phi) is 6.01. The summed E-state index contributed by atoms with van der Waals surface area (Å²) in [6.45, 7) is -0.196. The Bertz CT molecular complexity index is 986. The zero-order chi connectivity index (χ0) is 19.9. The van der Waals surface area contributed by atoms with E-state index in [1.165, 1.54) is 31.4 Å². The van der Waals surface area contributed by atoms with E-state index in [0.717, 1.165) is 0 Å². The van der Waals surface area contributed by atoms with Gasteiger partial charge in [0.15, 0.2) is 12.4 Å². The van der Waals surface area contributed by atoms with Crippen LogP contribution in [0.25, 0.3) is 0 Å². The van der Waals surface area contributed by atoms with Gasteiger partial charge in [0.05, 0.1) is 7.11 Å². The molecule has 28 heavy (non-hydrogen) atoms. The second-order valence-electron chi connectivity index (χ2n) is 5.93. The number of rotatable bonds is 7. The Morgan fingerprint density at radius 3 is 2.36 bits per heavy atom. The van der Waals surface area contributed by atoms with Crippen LogP contribution in [0.2, 0.25) is 0 Å². The molecule has 0 radical (unpaired) electrons. The largest absolute Gasteiger partial charge is 0.497 e. The highest BCUT2D eigenvalue weighted by Crippen LogP contribution is 2.20. The van der Waals surface area contributed by atoms with Crippen LogP contribution in [0, 0.1) is 5.82 Å². The third-order valence-corrected chi connectivity index (χ3v) is 3.96. The molecule has 0 atom stereocenters. The van der Waals surface area contributed by atoms with Crippen molar-refractivity contribution in [2.24, 2.45) is 0 Å². The fourth-order valence-electron chi connectivity index (χ4n) is 2.50. The van der Waals surface area contributed by atoms with E-state index in [0.29, 0.717) is 28.3 Å². The van der Waals surface area contributed by atoms with Gasteiger partial charge in [0.2, 0.25) is 0 Å². The molecule has 1 amide bonds. The van der Waals surface area contributed by atoms with Gasteiger partial charge in [0.25, 0.3) is 5.91 Å². The molecule has 0 unspecified atom stereocenters. The fourth-order valence-corrected chi connectivity index (χ4v) is 2.50. The molecule has 3 aromatic carbocycles. The summed E-state index contributed by atoms with van der Waals surface area (Å²) in [5.41, 5.74) is 1.35. The molecule has 0 aliphatic carbocycles. The van der Waals surface area contributed by atoms with Crippen molar-refractivity contribution < 1.29 is 23.5 Å². The van der Waals surface area contributed by atoms with Gasteiger partial charge in [-0.25, -0.2) is 4.39 Å². The van der Waals surface area contributed by atoms with Gasteiger partial charge >= 0.3 is 0 Å². The van der Waals surface area contributed by atoms with Crippen molar-refractivity contribution in [2.45, 2.75) is 0 Å². The molecule has 142 valence electrons. The van der Waals surface area contributed by atoms with E-state index in [2.05, 4.69) is 5.32 Å². The molecule has 0 aliphatic heterocycles. The summed E-state index contributed by atoms with van der Waals surface area (Å²) in [7, 11) is 1.53. The average molecular weight is 379 g/mol. The summed E-state index contributed by atoms with van der Waals surface area (Å²) >= 11 is 0. The summed E-state index contributed by atoms with van der Waals surface area (Å²) in [6.07, 6.45) is 0. The lowest BCUT2D eigenvalue weighted by Gasteiger charge is -2.10. The van der Waals surface area contributed by atoms with Crippen LogP contribution < -0.4 is 14.8 Å². The van der Waals surface area contributed by atoms with E-state index in [1.54, 1.807) is 48.5 Å². The van der Waals surface area contributed by atoms with Crippen LogP contribution in [0.1, 0.15) is 20.7 Å². The third-order valence-electron chi connectivity index (χ3n) is 3.96. The molecule has 0 aromatic heterocycles. The minimum absolute atomic E-state index is 0.196. The predicted molar refractivity (Wildman–Crippen MR) is 104 cm³/mol. The van der Waals surface area contributed by atoms with Crippen LogP contribution in [0.3, 0.4) is 0 Å². The number of benzene rings is 3. The van der Waals surface area contributed by atoms with Crippen molar-refractivity contribution >= 4 is 17.4 Å². The van der Waals surface area contributed by atoms with Gasteiger partial charge in [-0.1, -0.05) is 12.1 Å². The van der Waals surface area contributed by atoms with Crippen LogP contribution >= 0.6 is 0 Å². The molecule has 0 spiro atoms. The van der Waals surface area contributed by atoms with Crippen LogP contribution in [0.5, 0.6) is 11.5 Å². The van der Waals surface area contributed by atoms with E-state index >= 15 is 0 Å². The van der Waals surface area contributed by atoms with Crippen molar-refractivity contribution in [2.75, 3.05) is 19.0 Å². The molecule has 3 rings (SSSR count). The Hall–Kier alpha value is -3.67. The summed E-state index contributed by atoms with van der Waals surface area (Å²) in [5, 5.41) is 2.77. The number of amides is 1. The highest BCUT2D eigenvalue weighted by molar-refractivity contribution is 6.04. The highest BCUT2D eigenvalue weighted by Gasteiger charge is 2.10. The number of Topliss-reactive ketones (excluding diaryl/α,β-unsaturated/α-hetero) is 1. The van der Waals surface area contributed by atoms with Gasteiger partial charge < -0.3 is 14.8 Å². The van der Waals surface area contributed by atoms with E-state index in [4.69, 9.17) is 9.47 Å². The van der Waals surface area contributed by atoms with Crippen molar-refractivity contribution in [3.63, 3.8) is 0 Å². The van der Waals surface area contributed by atoms with Gasteiger partial charge in [-0.05, 0) is 54.6 Å². The first-order valence-corrected chi connectivity index (χ1v) is 8.52. The SMILES string of the molecule is COc1cccc(C(=O)Nc2cccc(OCC(=O)c3ccc(F)cc3)c2)c1. The van der Waals surface area contributed by atoms with Gasteiger partial charge in [-0.3, -0.25) is 9.59 Å². The Labute approximate surface area is 161 Å². The highest BCUT2D eigenvalue weighted by atomic mass is 19.1. The quantitative estimate of drug-likeness (QED) is 0.620. The number of halogens is 1. The monoisotopic (exact) mass is 379 g/mol. The van der Waals surface area contributed by atoms with Crippen molar-refractivity contribution in [3.05, 3.63) is 89.7 Å². The molecule has 0 saturated carbocycles. The fraction of sp³-hybridized carbons (Fsp3) is 0.0909. The maximum atomic E-state index is 12.9. The lowest BCUT2D eigenvalue weighted by Crippen LogP contribution is -2.13. The lowest BCUT2D eigenvalue weighted by atomic mass is 10.1. The molecular weight excluding hydrogens is 361 g/mol. The second kappa shape index (κ2) is 8.81. The van der Waals surface area contributed by atoms with Crippen LogP contribution in [0.15, 0.2) is 72.8 Å². The smallest absolute Gasteiger partial charge is 0.255 e. The van der Waals surface area contributed by atoms with Gasteiger partial charge in [0.1, 0.15) is 17.3 Å². The number of hydrogen-bond acceptors (Lipinski definition) is 4. The number of carbonyl (C=O) groups excluding carboxylic acids is 2. The lowest BCUT2D eigenvalue weighted by molar-refractivity contribution is 0.0920.